The molecule has 0 aromatic heterocycles. The monoisotopic (exact) mass is 529 g/mol. The van der Waals surface area contributed by atoms with E-state index >= 15 is 0 Å². The molecule has 2 heterocycles. The maximum Gasteiger partial charge on any atom is 0.261 e. The lowest BCUT2D eigenvalue weighted by Crippen LogP contribution is -2.51. The number of benzene rings is 3. The number of carbonyl (C=O) groups is 2. The van der Waals surface area contributed by atoms with Crippen LogP contribution in [0.5, 0.6) is 5.75 Å². The van der Waals surface area contributed by atoms with Crippen molar-refractivity contribution >= 4 is 22.6 Å². The lowest BCUT2D eigenvalue weighted by atomic mass is 9.85. The van der Waals surface area contributed by atoms with Crippen molar-refractivity contribution in [3.05, 3.63) is 76.9 Å². The van der Waals surface area contributed by atoms with E-state index in [1.807, 2.05) is 48.5 Å². The van der Waals surface area contributed by atoms with Gasteiger partial charge in [0.25, 0.3) is 11.8 Å². The second-order valence-electron chi connectivity index (χ2n) is 11.8. The van der Waals surface area contributed by atoms with Gasteiger partial charge in [-0.25, -0.2) is 0 Å². The van der Waals surface area contributed by atoms with Crippen LogP contribution in [-0.2, 0) is 5.41 Å². The summed E-state index contributed by atoms with van der Waals surface area (Å²) >= 11 is 0. The highest BCUT2D eigenvalue weighted by Crippen LogP contribution is 2.32. The Labute approximate surface area is 231 Å². The average Bonchev–Trinajstić information content (AvgIpc) is 2.91. The number of ether oxygens (including phenoxy) is 1. The van der Waals surface area contributed by atoms with E-state index in [0.29, 0.717) is 30.8 Å². The maximum absolute atomic E-state index is 13.2. The first-order valence-corrected chi connectivity index (χ1v) is 13.9. The Morgan fingerprint density at radius 3 is 2.10 bits per heavy atom. The Morgan fingerprint density at radius 2 is 1.49 bits per heavy atom. The highest BCUT2D eigenvalue weighted by molar-refractivity contribution is 6.25. The van der Waals surface area contributed by atoms with E-state index in [-0.39, 0.29) is 23.8 Å². The van der Waals surface area contributed by atoms with Gasteiger partial charge in [0.05, 0.1) is 0 Å². The van der Waals surface area contributed by atoms with Crippen molar-refractivity contribution in [3.63, 3.8) is 0 Å². The minimum atomic E-state index is -0.586. The van der Waals surface area contributed by atoms with Crippen LogP contribution < -0.4 is 4.74 Å². The van der Waals surface area contributed by atoms with Crippen molar-refractivity contribution in [2.75, 3.05) is 52.4 Å². The molecule has 1 N–H and O–H groups in total. The van der Waals surface area contributed by atoms with E-state index in [1.165, 1.54) is 10.5 Å². The molecule has 2 aliphatic heterocycles. The fourth-order valence-corrected chi connectivity index (χ4v) is 5.61. The molecule has 1 saturated heterocycles. The second-order valence-corrected chi connectivity index (χ2v) is 11.8. The van der Waals surface area contributed by atoms with Crippen LogP contribution in [0, 0.1) is 6.92 Å². The summed E-state index contributed by atoms with van der Waals surface area (Å²) < 4.78 is 6.06. The highest BCUT2D eigenvalue weighted by Gasteiger charge is 2.33. The van der Waals surface area contributed by atoms with Gasteiger partial charge in [-0.2, -0.15) is 0 Å². The van der Waals surface area contributed by atoms with Gasteiger partial charge in [-0.1, -0.05) is 62.7 Å². The van der Waals surface area contributed by atoms with Crippen molar-refractivity contribution in [1.29, 1.82) is 0 Å². The number of aliphatic hydroxyl groups is 1. The molecular weight excluding hydrogens is 490 g/mol. The van der Waals surface area contributed by atoms with E-state index in [0.717, 1.165) is 48.3 Å². The summed E-state index contributed by atoms with van der Waals surface area (Å²) in [6.07, 6.45) is -0.586. The number of imide groups is 1. The number of hydrogen-bond acceptors (Lipinski definition) is 6. The first-order chi connectivity index (χ1) is 18.6. The summed E-state index contributed by atoms with van der Waals surface area (Å²) in [6.45, 7) is 13.7. The summed E-state index contributed by atoms with van der Waals surface area (Å²) in [5.74, 6) is 0.404. The number of hydrogen-bond donors (Lipinski definition) is 1. The molecule has 0 bridgehead atoms. The predicted molar refractivity (Wildman–Crippen MR) is 154 cm³/mol. The Balaban J connectivity index is 1.10. The molecule has 3 aromatic rings. The molecule has 0 aliphatic carbocycles. The van der Waals surface area contributed by atoms with Gasteiger partial charge in [0.1, 0.15) is 18.5 Å². The minimum absolute atomic E-state index is 0.0389. The molecule has 5 rings (SSSR count). The molecule has 0 spiro atoms. The minimum Gasteiger partial charge on any atom is -0.491 e. The van der Waals surface area contributed by atoms with E-state index in [4.69, 9.17) is 4.74 Å². The Kier molecular flexibility index (Phi) is 7.76. The molecule has 1 atom stereocenters. The van der Waals surface area contributed by atoms with Gasteiger partial charge in [-0.05, 0) is 41.5 Å². The zero-order valence-electron chi connectivity index (χ0n) is 23.4. The standard InChI is InChI=1S/C32H39N3O4/c1-22-11-12-28(27(19-22)32(2,3)4)39-21-24(36)20-34-15-13-33(14-16-34)17-18-35-30(37)25-9-5-7-23-8-6-10-26(29(23)25)31(35)38/h5-12,19,24,36H,13-18,20-21H2,1-4H3/t24-/m1/s1. The third kappa shape index (κ3) is 5.86. The SMILES string of the molecule is Cc1ccc(OC[C@H](O)CN2CCN(CCN3C(=O)c4cccc5cccc(c45)C3=O)CC2)c(C(C)(C)C)c1. The Hall–Kier alpha value is -3.26. The molecule has 0 unspecified atom stereocenters. The van der Waals surface area contributed by atoms with E-state index in [2.05, 4.69) is 43.6 Å². The summed E-state index contributed by atoms with van der Waals surface area (Å²) in [7, 11) is 0. The van der Waals surface area contributed by atoms with Crippen LogP contribution in [0.3, 0.4) is 0 Å². The number of carbonyl (C=O) groups excluding carboxylic acids is 2. The van der Waals surface area contributed by atoms with Crippen molar-refractivity contribution in [1.82, 2.24) is 14.7 Å². The van der Waals surface area contributed by atoms with Gasteiger partial charge >= 0.3 is 0 Å². The summed E-state index contributed by atoms with van der Waals surface area (Å²) in [4.78, 5) is 32.2. The number of amides is 2. The van der Waals surface area contributed by atoms with Crippen molar-refractivity contribution in [3.8, 4) is 5.75 Å². The fraction of sp³-hybridized carbons (Fsp3) is 0.438. The first-order valence-electron chi connectivity index (χ1n) is 13.9. The van der Waals surface area contributed by atoms with Crippen LogP contribution in [0.15, 0.2) is 54.6 Å². The van der Waals surface area contributed by atoms with Crippen LogP contribution in [0.4, 0.5) is 0 Å². The lowest BCUT2D eigenvalue weighted by Gasteiger charge is -2.36. The first kappa shape index (κ1) is 27.3. The molecule has 1 fully saturated rings. The van der Waals surface area contributed by atoms with Gasteiger partial charge < -0.3 is 9.84 Å². The maximum atomic E-state index is 13.2. The van der Waals surface area contributed by atoms with E-state index in [1.54, 1.807) is 0 Å². The molecule has 3 aromatic carbocycles. The average molecular weight is 530 g/mol. The molecule has 0 radical (unpaired) electrons. The lowest BCUT2D eigenvalue weighted by molar-refractivity contribution is 0.0413. The molecule has 7 heteroatoms. The molecule has 2 aliphatic rings. The smallest absolute Gasteiger partial charge is 0.261 e. The Bertz CT molecular complexity index is 1320. The zero-order valence-corrected chi connectivity index (χ0v) is 23.4. The second kappa shape index (κ2) is 11.1. The van der Waals surface area contributed by atoms with Gasteiger partial charge in [0.15, 0.2) is 0 Å². The van der Waals surface area contributed by atoms with Crippen LogP contribution in [-0.4, -0.2) is 90.1 Å². The fourth-order valence-electron chi connectivity index (χ4n) is 5.61. The molecule has 7 nitrogen and oxygen atoms in total. The van der Waals surface area contributed by atoms with E-state index < -0.39 is 6.10 Å². The highest BCUT2D eigenvalue weighted by atomic mass is 16.5. The number of piperazine rings is 1. The van der Waals surface area contributed by atoms with E-state index in [9.17, 15) is 14.7 Å². The van der Waals surface area contributed by atoms with Crippen molar-refractivity contribution in [2.45, 2.75) is 39.2 Å². The summed E-state index contributed by atoms with van der Waals surface area (Å²) in [5.41, 5.74) is 3.51. The van der Waals surface area contributed by atoms with Crippen LogP contribution >= 0.6 is 0 Å². The third-order valence-electron chi connectivity index (χ3n) is 7.80. The molecule has 206 valence electrons. The van der Waals surface area contributed by atoms with Crippen molar-refractivity contribution < 1.29 is 19.4 Å². The number of rotatable bonds is 8. The number of aryl methyl sites for hydroxylation is 1. The third-order valence-corrected chi connectivity index (χ3v) is 7.80. The predicted octanol–water partition coefficient (Wildman–Crippen LogP) is 4.10. The molecular formula is C32H39N3O4. The Morgan fingerprint density at radius 1 is 0.872 bits per heavy atom. The molecule has 39 heavy (non-hydrogen) atoms. The van der Waals surface area contributed by atoms with Gasteiger partial charge in [0.2, 0.25) is 0 Å². The van der Waals surface area contributed by atoms with Crippen molar-refractivity contribution in [2.24, 2.45) is 0 Å². The number of aliphatic hydroxyl groups excluding tert-OH is 1. The van der Waals surface area contributed by atoms with Gasteiger partial charge in [-0.3, -0.25) is 24.3 Å². The van der Waals surface area contributed by atoms with Crippen LogP contribution in [0.25, 0.3) is 10.8 Å². The quantitative estimate of drug-likeness (QED) is 0.443. The summed E-state index contributed by atoms with van der Waals surface area (Å²) in [6, 6.07) is 17.4. The largest absolute Gasteiger partial charge is 0.491 e. The van der Waals surface area contributed by atoms with Gasteiger partial charge in [-0.15, -0.1) is 0 Å². The van der Waals surface area contributed by atoms with Crippen LogP contribution in [0.1, 0.15) is 52.6 Å². The molecule has 2 amide bonds. The van der Waals surface area contributed by atoms with Gasteiger partial charge in [0, 0.05) is 62.3 Å². The number of nitrogens with zero attached hydrogens (tertiary/aromatic N) is 3. The van der Waals surface area contributed by atoms with Crippen LogP contribution in [0.2, 0.25) is 0 Å². The zero-order chi connectivity index (χ0) is 27.7. The topological polar surface area (TPSA) is 73.3 Å². The molecule has 0 saturated carbocycles. The summed E-state index contributed by atoms with van der Waals surface area (Å²) in [5, 5.41) is 12.4. The normalized spacial score (nSPS) is 17.6. The number of β-amino-alcohol motifs (C(OH)–C–C–N with tert-alkyl or cyclic N) is 1.